The van der Waals surface area contributed by atoms with Gasteiger partial charge in [-0.15, -0.1) is 0 Å². The summed E-state index contributed by atoms with van der Waals surface area (Å²) in [5, 5.41) is 9.01. The third-order valence-corrected chi connectivity index (χ3v) is 3.54. The molecule has 0 spiro atoms. The Morgan fingerprint density at radius 2 is 2.47 bits per heavy atom. The van der Waals surface area contributed by atoms with Crippen molar-refractivity contribution >= 4 is 5.91 Å². The Morgan fingerprint density at radius 1 is 1.63 bits per heavy atom. The standard InChI is InChI=1S/C14H20N2O3/c1-19-13-12(5-2-7-15-13)14(18)16-8-3-4-11(10-16)6-9-17/h2,5,7,11,17H,3-4,6,8-10H2,1H3. The molecular formula is C14H20N2O3. The van der Waals surface area contributed by atoms with E-state index in [9.17, 15) is 4.79 Å². The van der Waals surface area contributed by atoms with Crippen LogP contribution in [0.3, 0.4) is 0 Å². The van der Waals surface area contributed by atoms with E-state index in [4.69, 9.17) is 9.84 Å². The van der Waals surface area contributed by atoms with Crippen molar-refractivity contribution in [3.8, 4) is 5.88 Å². The number of carbonyl (C=O) groups excluding carboxylic acids is 1. The fraction of sp³-hybridized carbons (Fsp3) is 0.571. The quantitative estimate of drug-likeness (QED) is 0.891. The second-order valence-electron chi connectivity index (χ2n) is 4.83. The average molecular weight is 264 g/mol. The van der Waals surface area contributed by atoms with Gasteiger partial charge in [-0.25, -0.2) is 4.98 Å². The minimum Gasteiger partial charge on any atom is -0.480 e. The second kappa shape index (κ2) is 6.52. The molecule has 1 atom stereocenters. The summed E-state index contributed by atoms with van der Waals surface area (Å²) >= 11 is 0. The van der Waals surface area contributed by atoms with Crippen LogP contribution in [0, 0.1) is 5.92 Å². The average Bonchev–Trinajstić information content (AvgIpc) is 2.47. The lowest BCUT2D eigenvalue weighted by Gasteiger charge is -2.32. The first-order valence-corrected chi connectivity index (χ1v) is 6.65. The van der Waals surface area contributed by atoms with Gasteiger partial charge < -0.3 is 14.7 Å². The number of nitrogens with zero attached hydrogens (tertiary/aromatic N) is 2. The first kappa shape index (κ1) is 13.8. The highest BCUT2D eigenvalue weighted by Gasteiger charge is 2.26. The molecule has 1 aliphatic rings. The predicted molar refractivity (Wildman–Crippen MR) is 71.1 cm³/mol. The molecule has 1 aliphatic heterocycles. The summed E-state index contributed by atoms with van der Waals surface area (Å²) in [6.45, 7) is 1.65. The number of aliphatic hydroxyl groups is 1. The van der Waals surface area contributed by atoms with Crippen LogP contribution >= 0.6 is 0 Å². The molecule has 2 heterocycles. The molecule has 1 amide bonds. The Kier molecular flexibility index (Phi) is 4.74. The number of pyridine rings is 1. The summed E-state index contributed by atoms with van der Waals surface area (Å²) in [5.74, 6) is 0.731. The number of piperidine rings is 1. The number of aliphatic hydroxyl groups excluding tert-OH is 1. The number of ether oxygens (including phenoxy) is 1. The van der Waals surface area contributed by atoms with Gasteiger partial charge in [0.15, 0.2) is 0 Å². The van der Waals surface area contributed by atoms with Crippen LogP contribution in [0.2, 0.25) is 0 Å². The van der Waals surface area contributed by atoms with Gasteiger partial charge in [-0.3, -0.25) is 4.79 Å². The molecule has 1 saturated heterocycles. The largest absolute Gasteiger partial charge is 0.480 e. The van der Waals surface area contributed by atoms with Crippen LogP contribution in [0.4, 0.5) is 0 Å². The van der Waals surface area contributed by atoms with Gasteiger partial charge in [0.25, 0.3) is 5.91 Å². The van der Waals surface area contributed by atoms with Crippen molar-refractivity contribution < 1.29 is 14.6 Å². The Morgan fingerprint density at radius 3 is 3.21 bits per heavy atom. The molecule has 0 saturated carbocycles. The van der Waals surface area contributed by atoms with E-state index >= 15 is 0 Å². The summed E-state index contributed by atoms with van der Waals surface area (Å²) in [7, 11) is 1.52. The summed E-state index contributed by atoms with van der Waals surface area (Å²) < 4.78 is 5.13. The third kappa shape index (κ3) is 3.23. The fourth-order valence-corrected chi connectivity index (χ4v) is 2.55. The van der Waals surface area contributed by atoms with Crippen molar-refractivity contribution in [3.05, 3.63) is 23.9 Å². The van der Waals surface area contributed by atoms with E-state index in [1.807, 2.05) is 4.90 Å². The number of hydrogen-bond donors (Lipinski definition) is 1. The monoisotopic (exact) mass is 264 g/mol. The minimum absolute atomic E-state index is 0.0346. The molecular weight excluding hydrogens is 244 g/mol. The second-order valence-corrected chi connectivity index (χ2v) is 4.83. The van der Waals surface area contributed by atoms with Gasteiger partial charge in [0, 0.05) is 25.9 Å². The van der Waals surface area contributed by atoms with E-state index in [0.717, 1.165) is 25.8 Å². The molecule has 5 heteroatoms. The lowest BCUT2D eigenvalue weighted by Crippen LogP contribution is -2.40. The maximum absolute atomic E-state index is 12.5. The van der Waals surface area contributed by atoms with Crippen LogP contribution < -0.4 is 4.74 Å². The van der Waals surface area contributed by atoms with Gasteiger partial charge in [-0.05, 0) is 37.3 Å². The zero-order valence-corrected chi connectivity index (χ0v) is 11.2. The van der Waals surface area contributed by atoms with Gasteiger partial charge in [-0.2, -0.15) is 0 Å². The van der Waals surface area contributed by atoms with Gasteiger partial charge in [0.1, 0.15) is 5.56 Å². The molecule has 0 aliphatic carbocycles. The summed E-state index contributed by atoms with van der Waals surface area (Å²) in [4.78, 5) is 18.4. The van der Waals surface area contributed by atoms with E-state index in [0.29, 0.717) is 23.9 Å². The molecule has 1 aromatic heterocycles. The molecule has 2 rings (SSSR count). The van der Waals surface area contributed by atoms with E-state index in [1.54, 1.807) is 18.3 Å². The van der Waals surface area contributed by atoms with Crippen molar-refractivity contribution in [2.45, 2.75) is 19.3 Å². The highest BCUT2D eigenvalue weighted by molar-refractivity contribution is 5.96. The normalized spacial score (nSPS) is 19.3. The van der Waals surface area contributed by atoms with Gasteiger partial charge in [-0.1, -0.05) is 0 Å². The smallest absolute Gasteiger partial charge is 0.259 e. The molecule has 0 aromatic carbocycles. The molecule has 0 bridgehead atoms. The van der Waals surface area contributed by atoms with Crippen molar-refractivity contribution in [2.75, 3.05) is 26.8 Å². The Balaban J connectivity index is 2.10. The Hall–Kier alpha value is -1.62. The number of rotatable bonds is 4. The van der Waals surface area contributed by atoms with Crippen LogP contribution in [-0.2, 0) is 0 Å². The summed E-state index contributed by atoms with van der Waals surface area (Å²) in [5.41, 5.74) is 0.509. The van der Waals surface area contributed by atoms with Crippen LogP contribution in [-0.4, -0.2) is 47.7 Å². The molecule has 104 valence electrons. The zero-order chi connectivity index (χ0) is 13.7. The van der Waals surface area contributed by atoms with Gasteiger partial charge >= 0.3 is 0 Å². The molecule has 19 heavy (non-hydrogen) atoms. The number of carbonyl (C=O) groups is 1. The Labute approximate surface area is 113 Å². The maximum Gasteiger partial charge on any atom is 0.259 e. The summed E-state index contributed by atoms with van der Waals surface area (Å²) in [6.07, 6.45) is 4.43. The van der Waals surface area contributed by atoms with Gasteiger partial charge in [0.05, 0.1) is 7.11 Å². The van der Waals surface area contributed by atoms with E-state index in [2.05, 4.69) is 4.98 Å². The van der Waals surface area contributed by atoms with Crippen molar-refractivity contribution in [3.63, 3.8) is 0 Å². The maximum atomic E-state index is 12.5. The van der Waals surface area contributed by atoms with E-state index in [-0.39, 0.29) is 12.5 Å². The van der Waals surface area contributed by atoms with Crippen molar-refractivity contribution in [2.24, 2.45) is 5.92 Å². The number of hydrogen-bond acceptors (Lipinski definition) is 4. The molecule has 1 fully saturated rings. The third-order valence-electron chi connectivity index (χ3n) is 3.54. The lowest BCUT2D eigenvalue weighted by atomic mass is 9.95. The highest BCUT2D eigenvalue weighted by atomic mass is 16.5. The van der Waals surface area contributed by atoms with E-state index in [1.165, 1.54) is 7.11 Å². The Bertz CT molecular complexity index is 434. The minimum atomic E-state index is -0.0346. The van der Waals surface area contributed by atoms with E-state index < -0.39 is 0 Å². The predicted octanol–water partition coefficient (Wildman–Crippen LogP) is 1.32. The molecule has 1 unspecified atom stereocenters. The van der Waals surface area contributed by atoms with Gasteiger partial charge in [0.2, 0.25) is 5.88 Å². The molecule has 1 aromatic rings. The number of methoxy groups -OCH3 is 1. The molecule has 1 N–H and O–H groups in total. The molecule has 0 radical (unpaired) electrons. The van der Waals surface area contributed by atoms with Crippen LogP contribution in [0.5, 0.6) is 5.88 Å². The number of aromatic nitrogens is 1. The van der Waals surface area contributed by atoms with Crippen molar-refractivity contribution in [1.82, 2.24) is 9.88 Å². The number of likely N-dealkylation sites (tertiary alicyclic amines) is 1. The fourth-order valence-electron chi connectivity index (χ4n) is 2.55. The van der Waals surface area contributed by atoms with Crippen LogP contribution in [0.15, 0.2) is 18.3 Å². The summed E-state index contributed by atoms with van der Waals surface area (Å²) in [6, 6.07) is 3.48. The lowest BCUT2D eigenvalue weighted by molar-refractivity contribution is 0.0649. The number of amides is 1. The van der Waals surface area contributed by atoms with Crippen molar-refractivity contribution in [1.29, 1.82) is 0 Å². The highest BCUT2D eigenvalue weighted by Crippen LogP contribution is 2.23. The first-order valence-electron chi connectivity index (χ1n) is 6.65. The van der Waals surface area contributed by atoms with Crippen LogP contribution in [0.1, 0.15) is 29.6 Å². The topological polar surface area (TPSA) is 62.7 Å². The first-order chi connectivity index (χ1) is 9.26. The SMILES string of the molecule is COc1ncccc1C(=O)N1CCCC(CCO)C1. The van der Waals surface area contributed by atoms with Crippen LogP contribution in [0.25, 0.3) is 0 Å². The zero-order valence-electron chi connectivity index (χ0n) is 11.2. The molecule has 5 nitrogen and oxygen atoms in total.